The fourth-order valence-corrected chi connectivity index (χ4v) is 1.74. The van der Waals surface area contributed by atoms with E-state index in [1.54, 1.807) is 42.7 Å². The summed E-state index contributed by atoms with van der Waals surface area (Å²) in [5.41, 5.74) is 1.05. The minimum Gasteiger partial charge on any atom is -0.321 e. The minimum atomic E-state index is -0.239. The van der Waals surface area contributed by atoms with Crippen molar-refractivity contribution in [2.75, 3.05) is 5.32 Å². The number of halogens is 3. The van der Waals surface area contributed by atoms with E-state index >= 15 is 0 Å². The van der Waals surface area contributed by atoms with Gasteiger partial charge in [0, 0.05) is 23.0 Å². The number of hydrogen-bond acceptors (Lipinski definition) is 2. The Bertz CT molecular complexity index is 546. The normalized spacial score (nSPS) is 9.44. The molecule has 0 unspecified atom stereocenters. The van der Waals surface area contributed by atoms with Crippen molar-refractivity contribution in [3.8, 4) is 0 Å². The van der Waals surface area contributed by atoms with E-state index in [1.807, 2.05) is 0 Å². The van der Waals surface area contributed by atoms with Gasteiger partial charge in [-0.3, -0.25) is 9.78 Å². The van der Waals surface area contributed by atoms with Crippen LogP contribution < -0.4 is 5.32 Å². The summed E-state index contributed by atoms with van der Waals surface area (Å²) in [6, 6.07) is 8.14. The van der Waals surface area contributed by atoms with Gasteiger partial charge in [-0.2, -0.15) is 0 Å². The molecule has 94 valence electrons. The second-order valence-electron chi connectivity index (χ2n) is 3.31. The topological polar surface area (TPSA) is 42.0 Å². The largest absolute Gasteiger partial charge is 0.321 e. The average molecular weight is 304 g/mol. The molecule has 0 saturated heterocycles. The predicted molar refractivity (Wildman–Crippen MR) is 75.9 cm³/mol. The molecule has 0 aliphatic heterocycles. The molecule has 1 N–H and O–H groups in total. The Hall–Kier alpha value is -1.29. The first-order valence-corrected chi connectivity index (χ1v) is 5.59. The van der Waals surface area contributed by atoms with Gasteiger partial charge in [-0.15, -0.1) is 12.4 Å². The maximum Gasteiger partial charge on any atom is 0.255 e. The molecule has 0 aliphatic carbocycles. The summed E-state index contributed by atoms with van der Waals surface area (Å²) in [6.07, 6.45) is 3.11. The lowest BCUT2D eigenvalue weighted by Crippen LogP contribution is -2.12. The molecule has 2 rings (SSSR count). The van der Waals surface area contributed by atoms with Crippen molar-refractivity contribution < 1.29 is 4.79 Å². The van der Waals surface area contributed by atoms with E-state index < -0.39 is 0 Å². The third kappa shape index (κ3) is 3.60. The lowest BCUT2D eigenvalue weighted by molar-refractivity contribution is 0.102. The van der Waals surface area contributed by atoms with Crippen LogP contribution in [0, 0.1) is 0 Å². The SMILES string of the molecule is Cl.O=C(Nc1ccc(Cl)cc1Cl)c1ccncc1. The molecule has 0 fully saturated rings. The Morgan fingerprint density at radius 2 is 1.78 bits per heavy atom. The molecule has 3 nitrogen and oxygen atoms in total. The summed E-state index contributed by atoms with van der Waals surface area (Å²) in [7, 11) is 0. The Labute approximate surface area is 121 Å². The lowest BCUT2D eigenvalue weighted by atomic mass is 10.2. The van der Waals surface area contributed by atoms with Gasteiger partial charge in [0.1, 0.15) is 0 Å². The summed E-state index contributed by atoms with van der Waals surface area (Å²) in [5, 5.41) is 3.62. The number of carbonyl (C=O) groups is 1. The van der Waals surface area contributed by atoms with E-state index in [0.717, 1.165) is 0 Å². The molecule has 2 aromatic rings. The predicted octanol–water partition coefficient (Wildman–Crippen LogP) is 4.06. The maximum atomic E-state index is 11.8. The quantitative estimate of drug-likeness (QED) is 0.909. The van der Waals surface area contributed by atoms with Crippen molar-refractivity contribution in [2.45, 2.75) is 0 Å². The third-order valence-electron chi connectivity index (χ3n) is 2.12. The highest BCUT2D eigenvalue weighted by Gasteiger charge is 2.08. The first-order chi connectivity index (χ1) is 8.16. The molecule has 1 amide bonds. The van der Waals surface area contributed by atoms with E-state index in [0.29, 0.717) is 21.3 Å². The number of carbonyl (C=O) groups excluding carboxylic acids is 1. The Morgan fingerprint density at radius 3 is 2.39 bits per heavy atom. The van der Waals surface area contributed by atoms with Crippen molar-refractivity contribution in [1.82, 2.24) is 4.98 Å². The molecule has 6 heteroatoms. The summed E-state index contributed by atoms with van der Waals surface area (Å²) in [4.78, 5) is 15.7. The van der Waals surface area contributed by atoms with Crippen LogP contribution in [0.25, 0.3) is 0 Å². The highest BCUT2D eigenvalue weighted by atomic mass is 35.5. The number of anilines is 1. The number of rotatable bonds is 2. The molecule has 0 atom stereocenters. The zero-order chi connectivity index (χ0) is 12.3. The highest BCUT2D eigenvalue weighted by molar-refractivity contribution is 6.36. The van der Waals surface area contributed by atoms with Crippen LogP contribution in [0.4, 0.5) is 5.69 Å². The van der Waals surface area contributed by atoms with Crippen molar-refractivity contribution in [3.05, 3.63) is 58.3 Å². The smallest absolute Gasteiger partial charge is 0.255 e. The van der Waals surface area contributed by atoms with E-state index in [2.05, 4.69) is 10.3 Å². The fraction of sp³-hybridized carbons (Fsp3) is 0. The van der Waals surface area contributed by atoms with E-state index in [9.17, 15) is 4.79 Å². The van der Waals surface area contributed by atoms with Gasteiger partial charge in [-0.1, -0.05) is 23.2 Å². The standard InChI is InChI=1S/C12H8Cl2N2O.ClH/c13-9-1-2-11(10(14)7-9)16-12(17)8-3-5-15-6-4-8;/h1-7H,(H,16,17);1H. The Kier molecular flexibility index (Phi) is 5.41. The van der Waals surface area contributed by atoms with Gasteiger partial charge < -0.3 is 5.32 Å². The molecule has 0 saturated carbocycles. The first kappa shape index (κ1) is 14.8. The van der Waals surface area contributed by atoms with Crippen LogP contribution in [-0.4, -0.2) is 10.9 Å². The van der Waals surface area contributed by atoms with Gasteiger partial charge >= 0.3 is 0 Å². The molecule has 0 radical (unpaired) electrons. The van der Waals surface area contributed by atoms with Gasteiger partial charge in [-0.05, 0) is 30.3 Å². The Morgan fingerprint density at radius 1 is 1.11 bits per heavy atom. The van der Waals surface area contributed by atoms with Gasteiger partial charge in [0.2, 0.25) is 0 Å². The van der Waals surface area contributed by atoms with Crippen LogP contribution in [-0.2, 0) is 0 Å². The van der Waals surface area contributed by atoms with Crippen LogP contribution >= 0.6 is 35.6 Å². The summed E-state index contributed by atoms with van der Waals surface area (Å²) < 4.78 is 0. The van der Waals surface area contributed by atoms with Gasteiger partial charge in [0.05, 0.1) is 10.7 Å². The third-order valence-corrected chi connectivity index (χ3v) is 2.67. The van der Waals surface area contributed by atoms with Gasteiger partial charge in [0.25, 0.3) is 5.91 Å². The Balaban J connectivity index is 0.00000162. The van der Waals surface area contributed by atoms with Gasteiger partial charge in [-0.25, -0.2) is 0 Å². The van der Waals surface area contributed by atoms with E-state index in [1.165, 1.54) is 0 Å². The zero-order valence-corrected chi connectivity index (χ0v) is 11.4. The number of amides is 1. The van der Waals surface area contributed by atoms with Crippen LogP contribution in [0.5, 0.6) is 0 Å². The molecular formula is C12H9Cl3N2O. The summed E-state index contributed by atoms with van der Waals surface area (Å²) in [5.74, 6) is -0.239. The van der Waals surface area contributed by atoms with Crippen molar-refractivity contribution in [2.24, 2.45) is 0 Å². The summed E-state index contributed by atoms with van der Waals surface area (Å²) >= 11 is 11.7. The maximum absolute atomic E-state index is 11.8. The molecule has 1 heterocycles. The van der Waals surface area contributed by atoms with Crippen LogP contribution in [0.2, 0.25) is 10.0 Å². The number of nitrogens with zero attached hydrogens (tertiary/aromatic N) is 1. The average Bonchev–Trinajstić information content (AvgIpc) is 2.34. The first-order valence-electron chi connectivity index (χ1n) is 4.83. The minimum absolute atomic E-state index is 0. The molecule has 1 aromatic heterocycles. The van der Waals surface area contributed by atoms with Crippen LogP contribution in [0.3, 0.4) is 0 Å². The number of aromatic nitrogens is 1. The monoisotopic (exact) mass is 302 g/mol. The molecule has 0 aliphatic rings. The van der Waals surface area contributed by atoms with Crippen molar-refractivity contribution in [1.29, 1.82) is 0 Å². The number of benzene rings is 1. The molecular weight excluding hydrogens is 295 g/mol. The zero-order valence-electron chi connectivity index (χ0n) is 9.06. The molecule has 0 bridgehead atoms. The number of hydrogen-bond donors (Lipinski definition) is 1. The number of pyridine rings is 1. The van der Waals surface area contributed by atoms with E-state index in [-0.39, 0.29) is 18.3 Å². The second-order valence-corrected chi connectivity index (χ2v) is 4.16. The molecule has 18 heavy (non-hydrogen) atoms. The molecule has 0 spiro atoms. The highest BCUT2D eigenvalue weighted by Crippen LogP contribution is 2.25. The number of nitrogens with one attached hydrogen (secondary N) is 1. The lowest BCUT2D eigenvalue weighted by Gasteiger charge is -2.07. The fourth-order valence-electron chi connectivity index (χ4n) is 1.29. The van der Waals surface area contributed by atoms with Crippen LogP contribution in [0.15, 0.2) is 42.7 Å². The second kappa shape index (κ2) is 6.59. The van der Waals surface area contributed by atoms with Crippen molar-refractivity contribution in [3.63, 3.8) is 0 Å². The van der Waals surface area contributed by atoms with E-state index in [4.69, 9.17) is 23.2 Å². The van der Waals surface area contributed by atoms with Gasteiger partial charge in [0.15, 0.2) is 0 Å². The molecule has 1 aromatic carbocycles. The van der Waals surface area contributed by atoms with Crippen LogP contribution in [0.1, 0.15) is 10.4 Å². The summed E-state index contributed by atoms with van der Waals surface area (Å²) in [6.45, 7) is 0. The van der Waals surface area contributed by atoms with Crippen molar-refractivity contribution >= 4 is 47.2 Å².